The number of carbonyl (C=O) groups is 4. The maximum absolute atomic E-state index is 11.8. The van der Waals surface area contributed by atoms with Crippen molar-refractivity contribution in [3.05, 3.63) is 17.0 Å². The highest BCUT2D eigenvalue weighted by molar-refractivity contribution is 7.18. The van der Waals surface area contributed by atoms with Gasteiger partial charge in [-0.15, -0.1) is 11.3 Å². The number of anilines is 1. The Balaban J connectivity index is 1.84. The molecule has 1 aromatic heterocycles. The molecule has 1 aliphatic rings. The molecule has 0 aliphatic carbocycles. The van der Waals surface area contributed by atoms with E-state index in [0.717, 1.165) is 16.2 Å². The minimum absolute atomic E-state index is 0.0307. The number of likely N-dealkylation sites (tertiary alicyclic amines) is 1. The average molecular weight is 310 g/mol. The lowest BCUT2D eigenvalue weighted by molar-refractivity contribution is -0.138. The van der Waals surface area contributed by atoms with Crippen molar-refractivity contribution in [1.82, 2.24) is 4.90 Å². The van der Waals surface area contributed by atoms with Crippen molar-refractivity contribution in [2.75, 3.05) is 19.0 Å². The van der Waals surface area contributed by atoms with E-state index in [2.05, 4.69) is 10.1 Å². The molecule has 0 atom stereocenters. The van der Waals surface area contributed by atoms with Crippen molar-refractivity contribution in [3.8, 4) is 0 Å². The van der Waals surface area contributed by atoms with Crippen molar-refractivity contribution in [3.63, 3.8) is 0 Å². The monoisotopic (exact) mass is 310 g/mol. The van der Waals surface area contributed by atoms with Gasteiger partial charge in [0.25, 0.3) is 0 Å². The first-order valence-electron chi connectivity index (χ1n) is 6.32. The van der Waals surface area contributed by atoms with Crippen molar-refractivity contribution in [1.29, 1.82) is 0 Å². The molecule has 0 bridgehead atoms. The van der Waals surface area contributed by atoms with Crippen LogP contribution in [0.5, 0.6) is 0 Å². The molecule has 0 aromatic carbocycles. The van der Waals surface area contributed by atoms with Crippen LogP contribution in [0.25, 0.3) is 0 Å². The first-order chi connectivity index (χ1) is 10.0. The lowest BCUT2D eigenvalue weighted by Crippen LogP contribution is -2.32. The van der Waals surface area contributed by atoms with Gasteiger partial charge in [-0.25, -0.2) is 4.79 Å². The van der Waals surface area contributed by atoms with Crippen LogP contribution in [0.1, 0.15) is 28.9 Å². The molecule has 0 spiro atoms. The number of carbonyl (C=O) groups excluding carboxylic acids is 4. The molecule has 1 saturated heterocycles. The zero-order chi connectivity index (χ0) is 15.4. The Morgan fingerprint density at radius 3 is 2.57 bits per heavy atom. The number of hydrogen-bond acceptors (Lipinski definition) is 6. The van der Waals surface area contributed by atoms with Gasteiger partial charge in [0.2, 0.25) is 17.7 Å². The Morgan fingerprint density at radius 1 is 1.29 bits per heavy atom. The van der Waals surface area contributed by atoms with Crippen molar-refractivity contribution in [2.45, 2.75) is 19.3 Å². The van der Waals surface area contributed by atoms with Gasteiger partial charge >= 0.3 is 5.97 Å². The normalized spacial score (nSPS) is 14.4. The topological polar surface area (TPSA) is 92.8 Å². The van der Waals surface area contributed by atoms with E-state index in [1.165, 1.54) is 7.11 Å². The Hall–Kier alpha value is -2.22. The van der Waals surface area contributed by atoms with Crippen LogP contribution in [0, 0.1) is 0 Å². The fraction of sp³-hybridized carbons (Fsp3) is 0.385. The molecule has 21 heavy (non-hydrogen) atoms. The second-order valence-electron chi connectivity index (χ2n) is 4.39. The highest BCUT2D eigenvalue weighted by atomic mass is 32.1. The maximum atomic E-state index is 11.8. The first-order valence-corrected chi connectivity index (χ1v) is 7.14. The lowest BCUT2D eigenvalue weighted by atomic mass is 10.3. The van der Waals surface area contributed by atoms with E-state index in [1.807, 2.05) is 0 Å². The van der Waals surface area contributed by atoms with E-state index >= 15 is 0 Å². The Morgan fingerprint density at radius 2 is 1.95 bits per heavy atom. The molecule has 1 fully saturated rings. The van der Waals surface area contributed by atoms with Crippen LogP contribution in [-0.2, 0) is 19.1 Å². The number of methoxy groups -OCH3 is 1. The summed E-state index contributed by atoms with van der Waals surface area (Å²) in [5.41, 5.74) is 0. The van der Waals surface area contributed by atoms with Gasteiger partial charge in [0.05, 0.1) is 12.1 Å². The standard InChI is InChI=1S/C13H14N2O5S/c1-20-13(19)8-2-3-10(21-8)14-9(16)6-7-15-11(17)4-5-12(15)18/h2-3H,4-7H2,1H3,(H,14,16). The summed E-state index contributed by atoms with van der Waals surface area (Å²) < 4.78 is 4.57. The molecule has 0 saturated carbocycles. The van der Waals surface area contributed by atoms with Crippen LogP contribution in [0.4, 0.5) is 5.00 Å². The lowest BCUT2D eigenvalue weighted by Gasteiger charge is -2.12. The average Bonchev–Trinajstić information content (AvgIpc) is 3.04. The van der Waals surface area contributed by atoms with Gasteiger partial charge in [-0.2, -0.15) is 0 Å². The third kappa shape index (κ3) is 3.66. The fourth-order valence-electron chi connectivity index (χ4n) is 1.90. The Labute approximate surface area is 124 Å². The van der Waals surface area contributed by atoms with Gasteiger partial charge in [-0.3, -0.25) is 19.3 Å². The highest BCUT2D eigenvalue weighted by Gasteiger charge is 2.28. The van der Waals surface area contributed by atoms with Crippen molar-refractivity contribution >= 4 is 40.0 Å². The molecule has 2 heterocycles. The van der Waals surface area contributed by atoms with Gasteiger partial charge in [0.1, 0.15) is 4.88 Å². The minimum Gasteiger partial charge on any atom is -0.465 e. The van der Waals surface area contributed by atoms with Crippen molar-refractivity contribution in [2.24, 2.45) is 0 Å². The van der Waals surface area contributed by atoms with Gasteiger partial charge in [-0.05, 0) is 12.1 Å². The number of ether oxygens (including phenoxy) is 1. The third-order valence-electron chi connectivity index (χ3n) is 2.97. The Kier molecular flexibility index (Phi) is 4.69. The van der Waals surface area contributed by atoms with E-state index < -0.39 is 5.97 Å². The first kappa shape index (κ1) is 15.2. The van der Waals surface area contributed by atoms with E-state index in [4.69, 9.17) is 0 Å². The van der Waals surface area contributed by atoms with Gasteiger partial charge in [0.15, 0.2) is 0 Å². The van der Waals surface area contributed by atoms with Crippen molar-refractivity contribution < 1.29 is 23.9 Å². The second-order valence-corrected chi connectivity index (χ2v) is 5.48. The van der Waals surface area contributed by atoms with Gasteiger partial charge < -0.3 is 10.1 Å². The number of rotatable bonds is 5. The van der Waals surface area contributed by atoms with Gasteiger partial charge in [-0.1, -0.05) is 0 Å². The third-order valence-corrected chi connectivity index (χ3v) is 3.95. The highest BCUT2D eigenvalue weighted by Crippen LogP contribution is 2.22. The number of esters is 1. The molecular formula is C13H14N2O5S. The molecule has 3 amide bonds. The summed E-state index contributed by atoms with van der Waals surface area (Å²) in [6.45, 7) is 0.0821. The summed E-state index contributed by atoms with van der Waals surface area (Å²) in [6, 6.07) is 3.15. The number of nitrogens with one attached hydrogen (secondary N) is 1. The summed E-state index contributed by atoms with van der Waals surface area (Å²) in [6.07, 6.45) is 0.463. The van der Waals surface area contributed by atoms with Crippen LogP contribution < -0.4 is 5.32 Å². The fourth-order valence-corrected chi connectivity index (χ4v) is 2.74. The van der Waals surface area contributed by atoms with Crippen LogP contribution in [-0.4, -0.2) is 42.2 Å². The molecule has 2 rings (SSSR count). The zero-order valence-electron chi connectivity index (χ0n) is 11.4. The molecular weight excluding hydrogens is 296 g/mol. The van der Waals surface area contributed by atoms with E-state index in [0.29, 0.717) is 9.88 Å². The second kappa shape index (κ2) is 6.49. The van der Waals surface area contributed by atoms with Crippen LogP contribution in [0.15, 0.2) is 12.1 Å². The summed E-state index contributed by atoms with van der Waals surface area (Å²) in [7, 11) is 1.28. The molecule has 1 aromatic rings. The molecule has 1 aliphatic heterocycles. The summed E-state index contributed by atoms with van der Waals surface area (Å²) in [5, 5.41) is 3.13. The molecule has 112 valence electrons. The zero-order valence-corrected chi connectivity index (χ0v) is 12.2. The summed E-state index contributed by atoms with van der Waals surface area (Å²) in [5.74, 6) is -1.26. The van der Waals surface area contributed by atoms with E-state index in [-0.39, 0.29) is 43.5 Å². The molecule has 0 unspecified atom stereocenters. The number of thiophene rings is 1. The number of amides is 3. The van der Waals surface area contributed by atoms with Gasteiger partial charge in [0, 0.05) is 25.8 Å². The van der Waals surface area contributed by atoms with Crippen LogP contribution >= 0.6 is 11.3 Å². The predicted octanol–water partition coefficient (Wildman–Crippen LogP) is 1.01. The number of nitrogens with zero attached hydrogens (tertiary/aromatic N) is 1. The van der Waals surface area contributed by atoms with Crippen LogP contribution in [0.2, 0.25) is 0 Å². The minimum atomic E-state index is -0.464. The molecule has 7 nitrogen and oxygen atoms in total. The van der Waals surface area contributed by atoms with Crippen LogP contribution in [0.3, 0.4) is 0 Å². The quantitative estimate of drug-likeness (QED) is 0.647. The summed E-state index contributed by atoms with van der Waals surface area (Å²) in [4.78, 5) is 47.3. The predicted molar refractivity (Wildman–Crippen MR) is 74.9 cm³/mol. The maximum Gasteiger partial charge on any atom is 0.348 e. The molecule has 0 radical (unpaired) electrons. The SMILES string of the molecule is COC(=O)c1ccc(NC(=O)CCN2C(=O)CCC2=O)s1. The van der Waals surface area contributed by atoms with E-state index in [1.54, 1.807) is 12.1 Å². The van der Waals surface area contributed by atoms with E-state index in [9.17, 15) is 19.2 Å². The number of imide groups is 1. The number of hydrogen-bond donors (Lipinski definition) is 1. The smallest absolute Gasteiger partial charge is 0.348 e. The Bertz CT molecular complexity index is 579. The largest absolute Gasteiger partial charge is 0.465 e. The molecule has 1 N–H and O–H groups in total. The summed E-state index contributed by atoms with van der Waals surface area (Å²) >= 11 is 1.10. The molecule has 8 heteroatoms.